The third kappa shape index (κ3) is 1.91. The van der Waals surface area contributed by atoms with Crippen molar-refractivity contribution in [2.75, 3.05) is 40.3 Å². The largest absolute Gasteiger partial charge is 0.217 e. The molecule has 1 aliphatic heterocycles. The molecule has 0 saturated carbocycles. The van der Waals surface area contributed by atoms with Gasteiger partial charge in [-0.2, -0.15) is 9.29 Å². The highest BCUT2D eigenvalue weighted by Crippen LogP contribution is 2.09. The minimum atomic E-state index is 0.0500. The van der Waals surface area contributed by atoms with Gasteiger partial charge in [0, 0.05) is 0 Å². The van der Waals surface area contributed by atoms with E-state index in [9.17, 15) is 10.4 Å². The minimum Gasteiger partial charge on any atom is -0.217 e. The smallest absolute Gasteiger partial charge is 0.161 e. The molecule has 0 aliphatic carbocycles. The number of nitrogens with zero attached hydrogens (tertiary/aromatic N) is 2. The van der Waals surface area contributed by atoms with Crippen molar-refractivity contribution in [1.82, 2.24) is 0 Å². The van der Waals surface area contributed by atoms with E-state index in [0.29, 0.717) is 26.2 Å². The van der Waals surface area contributed by atoms with Crippen LogP contribution in [0.2, 0.25) is 0 Å². The molecule has 1 rings (SSSR count). The van der Waals surface area contributed by atoms with E-state index in [1.54, 1.807) is 14.1 Å². The predicted octanol–water partition coefficient (Wildman–Crippen LogP) is -0.328. The molecular formula is C6H16N2O2+2. The maximum absolute atomic E-state index is 9.42. The number of quaternary nitrogens is 2. The Hall–Kier alpha value is -0.160. The molecule has 1 aliphatic rings. The van der Waals surface area contributed by atoms with Gasteiger partial charge in [0.15, 0.2) is 26.2 Å². The van der Waals surface area contributed by atoms with Gasteiger partial charge in [-0.3, -0.25) is 0 Å². The van der Waals surface area contributed by atoms with E-state index in [-0.39, 0.29) is 9.29 Å². The Bertz CT molecular complexity index is 106. The summed E-state index contributed by atoms with van der Waals surface area (Å²) in [7, 11) is 3.53. The van der Waals surface area contributed by atoms with Crippen LogP contribution in [0.5, 0.6) is 0 Å². The van der Waals surface area contributed by atoms with E-state index in [1.165, 1.54) is 0 Å². The molecule has 0 spiro atoms. The van der Waals surface area contributed by atoms with Gasteiger partial charge in [-0.25, -0.2) is 10.4 Å². The number of likely N-dealkylation sites (N-methyl/N-ethyl adjacent to an activating group) is 2. The zero-order valence-corrected chi connectivity index (χ0v) is 6.62. The summed E-state index contributed by atoms with van der Waals surface area (Å²) in [5.41, 5.74) is 0. The van der Waals surface area contributed by atoms with Gasteiger partial charge in [0.2, 0.25) is 0 Å². The van der Waals surface area contributed by atoms with E-state index in [4.69, 9.17) is 0 Å². The second-order valence-corrected chi connectivity index (χ2v) is 3.57. The Morgan fingerprint density at radius 1 is 0.800 bits per heavy atom. The minimum absolute atomic E-state index is 0.0500. The monoisotopic (exact) mass is 148 g/mol. The first-order valence-corrected chi connectivity index (χ1v) is 3.56. The number of hydroxylamine groups is 6. The molecule has 0 unspecified atom stereocenters. The molecule has 0 bridgehead atoms. The molecule has 0 atom stereocenters. The Morgan fingerprint density at radius 2 is 1.00 bits per heavy atom. The molecule has 0 aromatic carbocycles. The summed E-state index contributed by atoms with van der Waals surface area (Å²) in [5, 5.41) is 18.8. The fourth-order valence-electron chi connectivity index (χ4n) is 1.09. The lowest BCUT2D eigenvalue weighted by molar-refractivity contribution is -1.18. The van der Waals surface area contributed by atoms with Crippen LogP contribution >= 0.6 is 0 Å². The van der Waals surface area contributed by atoms with Gasteiger partial charge in [0.25, 0.3) is 0 Å². The van der Waals surface area contributed by atoms with E-state index in [0.717, 1.165) is 0 Å². The van der Waals surface area contributed by atoms with Crippen LogP contribution in [0.3, 0.4) is 0 Å². The number of rotatable bonds is 0. The van der Waals surface area contributed by atoms with Crippen molar-refractivity contribution in [3.8, 4) is 0 Å². The van der Waals surface area contributed by atoms with Gasteiger partial charge in [0.05, 0.1) is 14.1 Å². The molecule has 1 heterocycles. The van der Waals surface area contributed by atoms with E-state index >= 15 is 0 Å². The van der Waals surface area contributed by atoms with Crippen LogP contribution in [0.1, 0.15) is 0 Å². The highest BCUT2D eigenvalue weighted by molar-refractivity contribution is 4.38. The maximum atomic E-state index is 9.42. The van der Waals surface area contributed by atoms with Crippen molar-refractivity contribution in [2.24, 2.45) is 0 Å². The maximum Gasteiger partial charge on any atom is 0.161 e. The molecule has 0 amide bonds. The zero-order valence-electron chi connectivity index (χ0n) is 6.62. The lowest BCUT2D eigenvalue weighted by Gasteiger charge is -2.36. The van der Waals surface area contributed by atoms with Crippen molar-refractivity contribution in [3.05, 3.63) is 0 Å². The van der Waals surface area contributed by atoms with Crippen molar-refractivity contribution >= 4 is 0 Å². The predicted molar refractivity (Wildman–Crippen MR) is 35.4 cm³/mol. The van der Waals surface area contributed by atoms with Crippen molar-refractivity contribution in [2.45, 2.75) is 0 Å². The average Bonchev–Trinajstić information content (AvgIpc) is 1.79. The highest BCUT2D eigenvalue weighted by Gasteiger charge is 2.35. The number of hydrogen-bond donors (Lipinski definition) is 2. The SMILES string of the molecule is C[N+]1(O)CC[N+](C)(O)CC1. The summed E-state index contributed by atoms with van der Waals surface area (Å²) in [6, 6.07) is 0. The van der Waals surface area contributed by atoms with Crippen LogP contribution < -0.4 is 0 Å². The fraction of sp³-hybridized carbons (Fsp3) is 1.00. The standard InChI is InChI=1S/C6H16N2O2/c1-7(9)3-5-8(2,10)6-4-7/h9-10H,3-6H2,1-2H3/q+2. The van der Waals surface area contributed by atoms with Crippen LogP contribution in [-0.4, -0.2) is 60.0 Å². The Balaban J connectivity index is 2.46. The summed E-state index contributed by atoms with van der Waals surface area (Å²) in [4.78, 5) is 0. The molecule has 1 fully saturated rings. The lowest BCUT2D eigenvalue weighted by Crippen LogP contribution is -2.61. The van der Waals surface area contributed by atoms with Crippen LogP contribution in [0, 0.1) is 0 Å². The number of hydrogen-bond acceptors (Lipinski definition) is 2. The molecule has 60 valence electrons. The first kappa shape index (κ1) is 7.94. The molecule has 1 saturated heterocycles. The van der Waals surface area contributed by atoms with Crippen LogP contribution in [0.15, 0.2) is 0 Å². The van der Waals surface area contributed by atoms with Gasteiger partial charge in [-0.15, -0.1) is 0 Å². The molecule has 0 aromatic heterocycles. The molecule has 0 aromatic rings. The summed E-state index contributed by atoms with van der Waals surface area (Å²) in [5.74, 6) is 0. The van der Waals surface area contributed by atoms with Crippen molar-refractivity contribution in [1.29, 1.82) is 0 Å². The zero-order chi connectivity index (χ0) is 7.83. The van der Waals surface area contributed by atoms with Crippen molar-refractivity contribution < 1.29 is 19.7 Å². The molecule has 2 N–H and O–H groups in total. The Labute approximate surface area is 61.0 Å². The topological polar surface area (TPSA) is 40.5 Å². The average molecular weight is 148 g/mol. The molecule has 10 heavy (non-hydrogen) atoms. The second kappa shape index (κ2) is 2.17. The first-order valence-electron chi connectivity index (χ1n) is 3.56. The van der Waals surface area contributed by atoms with Gasteiger partial charge < -0.3 is 0 Å². The Kier molecular flexibility index (Phi) is 1.72. The molecule has 4 nitrogen and oxygen atoms in total. The van der Waals surface area contributed by atoms with Gasteiger partial charge in [-0.1, -0.05) is 0 Å². The summed E-state index contributed by atoms with van der Waals surface area (Å²) in [6.07, 6.45) is 0. The highest BCUT2D eigenvalue weighted by atomic mass is 16.6. The summed E-state index contributed by atoms with van der Waals surface area (Å²) < 4.78 is 0.100. The molecule has 0 radical (unpaired) electrons. The lowest BCUT2D eigenvalue weighted by atomic mass is 10.3. The van der Waals surface area contributed by atoms with Crippen LogP contribution in [0.4, 0.5) is 0 Å². The Morgan fingerprint density at radius 3 is 1.20 bits per heavy atom. The van der Waals surface area contributed by atoms with Crippen LogP contribution in [0.25, 0.3) is 0 Å². The van der Waals surface area contributed by atoms with E-state index < -0.39 is 0 Å². The summed E-state index contributed by atoms with van der Waals surface area (Å²) >= 11 is 0. The van der Waals surface area contributed by atoms with Crippen molar-refractivity contribution in [3.63, 3.8) is 0 Å². The third-order valence-electron chi connectivity index (χ3n) is 2.13. The third-order valence-corrected chi connectivity index (χ3v) is 2.13. The second-order valence-electron chi connectivity index (χ2n) is 3.57. The van der Waals surface area contributed by atoms with E-state index in [1.807, 2.05) is 0 Å². The quantitative estimate of drug-likeness (QED) is 0.462. The van der Waals surface area contributed by atoms with E-state index in [2.05, 4.69) is 0 Å². The molecule has 4 heteroatoms. The van der Waals surface area contributed by atoms with Gasteiger partial charge >= 0.3 is 0 Å². The van der Waals surface area contributed by atoms with Gasteiger partial charge in [-0.05, 0) is 0 Å². The summed E-state index contributed by atoms with van der Waals surface area (Å²) in [6.45, 7) is 2.53. The van der Waals surface area contributed by atoms with Gasteiger partial charge in [0.1, 0.15) is 0 Å². The molecular weight excluding hydrogens is 132 g/mol. The number of piperazine rings is 1. The fourth-order valence-corrected chi connectivity index (χ4v) is 1.09. The van der Waals surface area contributed by atoms with Crippen LogP contribution in [-0.2, 0) is 0 Å². The normalized spacial score (nSPS) is 49.2. The first-order chi connectivity index (χ1) is 4.41.